The summed E-state index contributed by atoms with van der Waals surface area (Å²) < 4.78 is 5.63. The number of ether oxygens (including phenoxy) is 1. The fourth-order valence-corrected chi connectivity index (χ4v) is 2.19. The van der Waals surface area contributed by atoms with Crippen molar-refractivity contribution < 1.29 is 14.8 Å². The number of hydrogen-bond acceptors (Lipinski definition) is 5. The number of nitro groups is 1. The van der Waals surface area contributed by atoms with E-state index in [-0.39, 0.29) is 39.7 Å². The van der Waals surface area contributed by atoms with Crippen LogP contribution in [0, 0.1) is 10.1 Å². The van der Waals surface area contributed by atoms with Crippen LogP contribution in [0.3, 0.4) is 0 Å². The number of aliphatic imine (C=N–C) groups is 1. The van der Waals surface area contributed by atoms with E-state index in [2.05, 4.69) is 4.99 Å². The number of nitrogens with zero attached hydrogens (tertiary/aromatic N) is 2. The Bertz CT molecular complexity index is 807. The molecule has 0 fully saturated rings. The van der Waals surface area contributed by atoms with Crippen molar-refractivity contribution in [1.82, 2.24) is 0 Å². The summed E-state index contributed by atoms with van der Waals surface area (Å²) in [5.74, 6) is -0.0206. The molecule has 0 heterocycles. The molecule has 0 aliphatic rings. The Kier molecular flexibility index (Phi) is 5.64. The molecular weight excluding hydrogens is 355 g/mol. The summed E-state index contributed by atoms with van der Waals surface area (Å²) >= 11 is 12.0. The van der Waals surface area contributed by atoms with Crippen LogP contribution in [0.2, 0.25) is 10.0 Å². The molecule has 126 valence electrons. The van der Waals surface area contributed by atoms with Gasteiger partial charge in [-0.15, -0.1) is 0 Å². The molecule has 6 nitrogen and oxygen atoms in total. The van der Waals surface area contributed by atoms with Gasteiger partial charge in [-0.3, -0.25) is 10.1 Å². The highest BCUT2D eigenvalue weighted by Crippen LogP contribution is 2.31. The van der Waals surface area contributed by atoms with Gasteiger partial charge in [0.1, 0.15) is 5.75 Å². The first-order valence-corrected chi connectivity index (χ1v) is 7.71. The quantitative estimate of drug-likeness (QED) is 0.351. The second-order valence-electron chi connectivity index (χ2n) is 5.14. The highest BCUT2D eigenvalue weighted by atomic mass is 35.5. The zero-order chi connectivity index (χ0) is 17.9. The van der Waals surface area contributed by atoms with Crippen molar-refractivity contribution in [3.8, 4) is 5.75 Å². The van der Waals surface area contributed by atoms with E-state index in [0.717, 1.165) is 0 Å². The van der Waals surface area contributed by atoms with Gasteiger partial charge in [0.05, 0.1) is 27.3 Å². The van der Waals surface area contributed by atoms with Crippen LogP contribution in [0.1, 0.15) is 19.4 Å². The zero-order valence-electron chi connectivity index (χ0n) is 12.9. The number of nitro benzene ring substituents is 1. The number of aromatic hydroxyl groups is 1. The van der Waals surface area contributed by atoms with Crippen molar-refractivity contribution >= 4 is 40.5 Å². The molecule has 8 heteroatoms. The molecule has 2 aromatic rings. The van der Waals surface area contributed by atoms with Crippen LogP contribution in [-0.4, -0.2) is 22.0 Å². The van der Waals surface area contributed by atoms with Gasteiger partial charge in [-0.1, -0.05) is 23.2 Å². The first kappa shape index (κ1) is 18.0. The van der Waals surface area contributed by atoms with Crippen molar-refractivity contribution in [2.45, 2.75) is 20.0 Å². The second kappa shape index (κ2) is 7.51. The summed E-state index contributed by atoms with van der Waals surface area (Å²) in [5.41, 5.74) is 0.261. The summed E-state index contributed by atoms with van der Waals surface area (Å²) in [6, 6.07) is 8.31. The van der Waals surface area contributed by atoms with Crippen LogP contribution in [0.5, 0.6) is 5.75 Å². The van der Waals surface area contributed by atoms with Crippen molar-refractivity contribution in [3.05, 3.63) is 62.1 Å². The molecular formula is C16H14Cl2N2O4. The van der Waals surface area contributed by atoms with Crippen molar-refractivity contribution in [2.75, 3.05) is 0 Å². The summed E-state index contributed by atoms with van der Waals surface area (Å²) in [6.07, 6.45) is -0.250. The maximum atomic E-state index is 10.9. The summed E-state index contributed by atoms with van der Waals surface area (Å²) in [5, 5.41) is 21.6. The van der Waals surface area contributed by atoms with E-state index in [1.54, 1.807) is 13.8 Å². The lowest BCUT2D eigenvalue weighted by molar-refractivity contribution is -0.384. The minimum Gasteiger partial charge on any atom is -0.507 e. The lowest BCUT2D eigenvalue weighted by atomic mass is 10.2. The molecule has 0 spiro atoms. The molecule has 0 amide bonds. The van der Waals surface area contributed by atoms with Crippen LogP contribution in [0.25, 0.3) is 0 Å². The van der Waals surface area contributed by atoms with Gasteiger partial charge in [0.25, 0.3) is 5.69 Å². The lowest BCUT2D eigenvalue weighted by Crippen LogP contribution is -2.13. The smallest absolute Gasteiger partial charge is 0.271 e. The number of non-ortho nitro benzene ring substituents is 1. The van der Waals surface area contributed by atoms with Gasteiger partial charge in [-0.05, 0) is 38.1 Å². The number of phenols is 1. The molecule has 0 atom stereocenters. The molecule has 2 rings (SSSR count). The topological polar surface area (TPSA) is 85.0 Å². The maximum absolute atomic E-state index is 10.9. The third-order valence-corrected chi connectivity index (χ3v) is 3.45. The van der Waals surface area contributed by atoms with Crippen LogP contribution in [0.4, 0.5) is 11.4 Å². The Balaban J connectivity index is 2.60. The predicted octanol–water partition coefficient (Wildman–Crippen LogP) is 5.11. The molecule has 0 aromatic heterocycles. The average molecular weight is 369 g/mol. The normalized spacial score (nSPS) is 11.6. The Hall–Kier alpha value is -2.31. The lowest BCUT2D eigenvalue weighted by Gasteiger charge is -2.14. The Morgan fingerprint density at radius 3 is 2.58 bits per heavy atom. The van der Waals surface area contributed by atoms with Gasteiger partial charge in [0.2, 0.25) is 5.90 Å². The van der Waals surface area contributed by atoms with E-state index < -0.39 is 4.92 Å². The van der Waals surface area contributed by atoms with Crippen molar-refractivity contribution in [2.24, 2.45) is 4.99 Å². The van der Waals surface area contributed by atoms with E-state index in [0.29, 0.717) is 5.02 Å². The van der Waals surface area contributed by atoms with Crippen LogP contribution in [-0.2, 0) is 4.74 Å². The number of phenolic OH excluding ortho intramolecular Hbond substituents is 1. The van der Waals surface area contributed by atoms with Gasteiger partial charge in [0.15, 0.2) is 0 Å². The molecule has 0 saturated heterocycles. The van der Waals surface area contributed by atoms with Gasteiger partial charge >= 0.3 is 0 Å². The monoisotopic (exact) mass is 368 g/mol. The van der Waals surface area contributed by atoms with Crippen molar-refractivity contribution in [1.29, 1.82) is 0 Å². The fourth-order valence-electron chi connectivity index (χ4n) is 1.86. The van der Waals surface area contributed by atoms with Gasteiger partial charge < -0.3 is 9.84 Å². The van der Waals surface area contributed by atoms with Crippen LogP contribution in [0.15, 0.2) is 41.4 Å². The molecule has 0 radical (unpaired) electrons. The molecule has 0 aliphatic carbocycles. The minimum atomic E-state index is -0.546. The first-order valence-electron chi connectivity index (χ1n) is 6.96. The number of hydrogen-bond donors (Lipinski definition) is 1. The molecule has 24 heavy (non-hydrogen) atoms. The zero-order valence-corrected chi connectivity index (χ0v) is 14.4. The van der Waals surface area contributed by atoms with Gasteiger partial charge in [-0.2, -0.15) is 0 Å². The van der Waals surface area contributed by atoms with E-state index in [4.69, 9.17) is 27.9 Å². The van der Waals surface area contributed by atoms with E-state index in [1.807, 2.05) is 0 Å². The third-order valence-electron chi connectivity index (χ3n) is 2.90. The molecule has 0 bridgehead atoms. The third kappa shape index (κ3) is 4.37. The summed E-state index contributed by atoms with van der Waals surface area (Å²) in [7, 11) is 0. The molecule has 2 aromatic carbocycles. The number of halogens is 2. The molecule has 0 aliphatic heterocycles. The standard InChI is InChI=1S/C16H14Cl2N2O4/c1-9(2)24-16(12-7-10(17)3-6-15(12)21)19-14-8-11(20(22)23)4-5-13(14)18/h3-9,21H,1-2H3/b19-16-. The summed E-state index contributed by atoms with van der Waals surface area (Å²) in [6.45, 7) is 3.57. The highest BCUT2D eigenvalue weighted by molar-refractivity contribution is 6.33. The van der Waals surface area contributed by atoms with Crippen molar-refractivity contribution in [3.63, 3.8) is 0 Å². The van der Waals surface area contributed by atoms with E-state index in [1.165, 1.54) is 36.4 Å². The molecule has 0 unspecified atom stereocenters. The largest absolute Gasteiger partial charge is 0.507 e. The molecule has 1 N–H and O–H groups in total. The average Bonchev–Trinajstić information content (AvgIpc) is 2.50. The minimum absolute atomic E-state index is 0.0624. The second-order valence-corrected chi connectivity index (χ2v) is 5.98. The molecule has 0 saturated carbocycles. The van der Waals surface area contributed by atoms with Crippen LogP contribution < -0.4 is 0 Å². The number of rotatable bonds is 4. The Morgan fingerprint density at radius 2 is 1.96 bits per heavy atom. The highest BCUT2D eigenvalue weighted by Gasteiger charge is 2.16. The Morgan fingerprint density at radius 1 is 1.25 bits per heavy atom. The summed E-state index contributed by atoms with van der Waals surface area (Å²) in [4.78, 5) is 14.6. The first-order chi connectivity index (χ1) is 11.3. The maximum Gasteiger partial charge on any atom is 0.271 e. The fraction of sp³-hybridized carbons (Fsp3) is 0.188. The van der Waals surface area contributed by atoms with Gasteiger partial charge in [-0.25, -0.2) is 4.99 Å². The number of benzene rings is 2. The van der Waals surface area contributed by atoms with Crippen LogP contribution >= 0.6 is 23.2 Å². The predicted molar refractivity (Wildman–Crippen MR) is 93.6 cm³/mol. The SMILES string of the molecule is CC(C)O/C(=N\c1cc([N+](=O)[O-])ccc1Cl)c1cc(Cl)ccc1O. The van der Waals surface area contributed by atoms with E-state index >= 15 is 0 Å². The van der Waals surface area contributed by atoms with E-state index in [9.17, 15) is 15.2 Å². The van der Waals surface area contributed by atoms with Gasteiger partial charge in [0, 0.05) is 17.2 Å². The Labute approximate surface area is 148 Å².